The van der Waals surface area contributed by atoms with E-state index in [1.807, 2.05) is 0 Å². The number of piperidine rings is 1. The van der Waals surface area contributed by atoms with Gasteiger partial charge >= 0.3 is 0 Å². The molecule has 1 saturated heterocycles. The van der Waals surface area contributed by atoms with Crippen LogP contribution in [0.2, 0.25) is 5.15 Å². The molecular formula is C13H21ClN4. The van der Waals surface area contributed by atoms with Crippen molar-refractivity contribution >= 4 is 11.6 Å². The molecule has 0 unspecified atom stereocenters. The van der Waals surface area contributed by atoms with Gasteiger partial charge < -0.3 is 4.90 Å². The van der Waals surface area contributed by atoms with Gasteiger partial charge in [-0.05, 0) is 45.9 Å². The van der Waals surface area contributed by atoms with E-state index in [-0.39, 0.29) is 0 Å². The Bertz CT molecular complexity index is 358. The monoisotopic (exact) mass is 268 g/mol. The van der Waals surface area contributed by atoms with Crippen LogP contribution in [0.4, 0.5) is 0 Å². The summed E-state index contributed by atoms with van der Waals surface area (Å²) >= 11 is 5.73. The zero-order chi connectivity index (χ0) is 13.0. The van der Waals surface area contributed by atoms with Crippen LogP contribution in [-0.4, -0.2) is 53.5 Å². The Labute approximate surface area is 114 Å². The lowest BCUT2D eigenvalue weighted by atomic mass is 9.96. The molecule has 1 aromatic heterocycles. The molecule has 100 valence electrons. The third-order valence-corrected chi connectivity index (χ3v) is 3.59. The van der Waals surface area contributed by atoms with Crippen LogP contribution in [0.25, 0.3) is 0 Å². The van der Waals surface area contributed by atoms with Gasteiger partial charge in [-0.3, -0.25) is 9.88 Å². The summed E-state index contributed by atoms with van der Waals surface area (Å²) in [6.45, 7) is 4.40. The van der Waals surface area contributed by atoms with E-state index in [1.54, 1.807) is 12.4 Å². The van der Waals surface area contributed by atoms with Gasteiger partial charge in [-0.25, -0.2) is 4.98 Å². The maximum absolute atomic E-state index is 5.73. The first-order chi connectivity index (χ1) is 8.63. The topological polar surface area (TPSA) is 32.3 Å². The Morgan fingerprint density at radius 1 is 1.28 bits per heavy atom. The Morgan fingerprint density at radius 3 is 2.56 bits per heavy atom. The maximum atomic E-state index is 5.73. The normalized spacial score (nSPS) is 18.4. The molecule has 2 heterocycles. The zero-order valence-electron chi connectivity index (χ0n) is 11.1. The third kappa shape index (κ3) is 4.19. The second-order valence-corrected chi connectivity index (χ2v) is 5.70. The second-order valence-electron chi connectivity index (χ2n) is 5.31. The zero-order valence-corrected chi connectivity index (χ0v) is 11.9. The molecule has 2 rings (SSSR count). The number of likely N-dealkylation sites (tertiary alicyclic amines) is 1. The van der Waals surface area contributed by atoms with Gasteiger partial charge in [-0.2, -0.15) is 0 Å². The Kier molecular flexibility index (Phi) is 4.92. The van der Waals surface area contributed by atoms with Crippen molar-refractivity contribution in [2.75, 3.05) is 33.7 Å². The molecule has 1 aliphatic heterocycles. The van der Waals surface area contributed by atoms with Gasteiger partial charge in [0.25, 0.3) is 0 Å². The SMILES string of the molecule is CN(C)CC1CCN(Cc2cnc(Cl)cn2)CC1. The fraction of sp³-hybridized carbons (Fsp3) is 0.692. The molecule has 5 heteroatoms. The van der Waals surface area contributed by atoms with Gasteiger partial charge in [0.2, 0.25) is 0 Å². The van der Waals surface area contributed by atoms with Crippen molar-refractivity contribution in [3.05, 3.63) is 23.2 Å². The average Bonchev–Trinajstić information content (AvgIpc) is 2.34. The van der Waals surface area contributed by atoms with E-state index in [0.717, 1.165) is 31.2 Å². The number of hydrogen-bond acceptors (Lipinski definition) is 4. The van der Waals surface area contributed by atoms with Crippen molar-refractivity contribution in [2.45, 2.75) is 19.4 Å². The molecule has 0 radical (unpaired) electrons. The minimum absolute atomic E-state index is 0.462. The van der Waals surface area contributed by atoms with Crippen LogP contribution in [-0.2, 0) is 6.54 Å². The van der Waals surface area contributed by atoms with Gasteiger partial charge in [0.1, 0.15) is 5.15 Å². The van der Waals surface area contributed by atoms with Gasteiger partial charge in [0, 0.05) is 13.1 Å². The lowest BCUT2D eigenvalue weighted by Gasteiger charge is -2.32. The molecule has 1 aromatic rings. The highest BCUT2D eigenvalue weighted by molar-refractivity contribution is 6.29. The first kappa shape index (κ1) is 13.7. The summed E-state index contributed by atoms with van der Waals surface area (Å²) in [5.74, 6) is 0.840. The summed E-state index contributed by atoms with van der Waals surface area (Å²) in [6, 6.07) is 0. The highest BCUT2D eigenvalue weighted by Gasteiger charge is 2.19. The van der Waals surface area contributed by atoms with Crippen LogP contribution in [0.15, 0.2) is 12.4 Å². The number of nitrogens with zero attached hydrogens (tertiary/aromatic N) is 4. The number of rotatable bonds is 4. The maximum Gasteiger partial charge on any atom is 0.147 e. The van der Waals surface area contributed by atoms with E-state index in [2.05, 4.69) is 33.9 Å². The van der Waals surface area contributed by atoms with Gasteiger partial charge in [-0.15, -0.1) is 0 Å². The summed E-state index contributed by atoms with van der Waals surface area (Å²) in [6.07, 6.45) is 5.95. The minimum atomic E-state index is 0.462. The van der Waals surface area contributed by atoms with E-state index < -0.39 is 0 Å². The van der Waals surface area contributed by atoms with Gasteiger partial charge in [0.05, 0.1) is 18.1 Å². The number of aromatic nitrogens is 2. The first-order valence-corrected chi connectivity index (χ1v) is 6.85. The summed E-state index contributed by atoms with van der Waals surface area (Å²) in [7, 11) is 4.30. The molecule has 0 N–H and O–H groups in total. The molecular weight excluding hydrogens is 248 g/mol. The summed E-state index contributed by atoms with van der Waals surface area (Å²) in [5, 5.41) is 0.462. The molecule has 1 fully saturated rings. The highest BCUT2D eigenvalue weighted by atomic mass is 35.5. The lowest BCUT2D eigenvalue weighted by Crippen LogP contribution is -2.36. The molecule has 1 aliphatic rings. The molecule has 0 amide bonds. The van der Waals surface area contributed by atoms with Crippen molar-refractivity contribution < 1.29 is 0 Å². The molecule has 0 aliphatic carbocycles. The van der Waals surface area contributed by atoms with E-state index in [9.17, 15) is 0 Å². The smallest absolute Gasteiger partial charge is 0.147 e. The van der Waals surface area contributed by atoms with Crippen LogP contribution in [0.1, 0.15) is 18.5 Å². The van der Waals surface area contributed by atoms with Crippen LogP contribution >= 0.6 is 11.6 Å². The summed E-state index contributed by atoms with van der Waals surface area (Å²) in [4.78, 5) is 13.1. The van der Waals surface area contributed by atoms with Crippen molar-refractivity contribution in [1.29, 1.82) is 0 Å². The number of halogens is 1. The fourth-order valence-electron chi connectivity index (χ4n) is 2.49. The molecule has 0 spiro atoms. The molecule has 0 saturated carbocycles. The van der Waals surface area contributed by atoms with E-state index in [1.165, 1.54) is 19.4 Å². The average molecular weight is 269 g/mol. The number of hydrogen-bond donors (Lipinski definition) is 0. The van der Waals surface area contributed by atoms with Crippen molar-refractivity contribution in [2.24, 2.45) is 5.92 Å². The fourth-order valence-corrected chi connectivity index (χ4v) is 2.59. The molecule has 0 atom stereocenters. The molecule has 4 nitrogen and oxygen atoms in total. The molecule has 0 aromatic carbocycles. The second kappa shape index (κ2) is 6.45. The quantitative estimate of drug-likeness (QED) is 0.835. The van der Waals surface area contributed by atoms with E-state index in [4.69, 9.17) is 11.6 Å². The summed E-state index contributed by atoms with van der Waals surface area (Å²) < 4.78 is 0. The van der Waals surface area contributed by atoms with Crippen molar-refractivity contribution in [1.82, 2.24) is 19.8 Å². The predicted molar refractivity (Wildman–Crippen MR) is 73.6 cm³/mol. The molecule has 0 bridgehead atoms. The van der Waals surface area contributed by atoms with Gasteiger partial charge in [0.15, 0.2) is 0 Å². The minimum Gasteiger partial charge on any atom is -0.309 e. The van der Waals surface area contributed by atoms with Crippen molar-refractivity contribution in [3.63, 3.8) is 0 Å². The largest absolute Gasteiger partial charge is 0.309 e. The Balaban J connectivity index is 1.78. The predicted octanol–water partition coefficient (Wildman–Crippen LogP) is 1.90. The van der Waals surface area contributed by atoms with Crippen LogP contribution in [0.3, 0.4) is 0 Å². The standard InChI is InChI=1S/C13H21ClN4/c1-17(2)9-11-3-5-18(6-4-11)10-12-7-16-13(14)8-15-12/h7-8,11H,3-6,9-10H2,1-2H3. The van der Waals surface area contributed by atoms with Crippen LogP contribution in [0.5, 0.6) is 0 Å². The van der Waals surface area contributed by atoms with Crippen LogP contribution in [0, 0.1) is 5.92 Å². The van der Waals surface area contributed by atoms with Crippen LogP contribution < -0.4 is 0 Å². The highest BCUT2D eigenvalue weighted by Crippen LogP contribution is 2.19. The summed E-state index contributed by atoms with van der Waals surface area (Å²) in [5.41, 5.74) is 1.01. The van der Waals surface area contributed by atoms with E-state index >= 15 is 0 Å². The Hall–Kier alpha value is -0.710. The Morgan fingerprint density at radius 2 is 2.00 bits per heavy atom. The first-order valence-electron chi connectivity index (χ1n) is 6.47. The van der Waals surface area contributed by atoms with Crippen molar-refractivity contribution in [3.8, 4) is 0 Å². The third-order valence-electron chi connectivity index (χ3n) is 3.39. The molecule has 18 heavy (non-hydrogen) atoms. The lowest BCUT2D eigenvalue weighted by molar-refractivity contribution is 0.155. The van der Waals surface area contributed by atoms with E-state index in [0.29, 0.717) is 5.15 Å². The van der Waals surface area contributed by atoms with Gasteiger partial charge in [-0.1, -0.05) is 11.6 Å².